The monoisotopic (exact) mass is 510 g/mol. The van der Waals surface area contributed by atoms with Gasteiger partial charge in [0.15, 0.2) is 5.96 Å². The van der Waals surface area contributed by atoms with E-state index < -0.39 is 0 Å². The maximum atomic E-state index is 4.72. The Morgan fingerprint density at radius 2 is 1.79 bits per heavy atom. The fourth-order valence-electron chi connectivity index (χ4n) is 3.52. The average molecular weight is 510 g/mol. The lowest BCUT2D eigenvalue weighted by Gasteiger charge is -2.26. The van der Waals surface area contributed by atoms with Crippen molar-refractivity contribution in [3.05, 3.63) is 53.3 Å². The number of guanidine groups is 1. The van der Waals surface area contributed by atoms with E-state index in [0.717, 1.165) is 32.1 Å². The molecule has 0 saturated carbocycles. The Morgan fingerprint density at radius 1 is 1.07 bits per heavy atom. The summed E-state index contributed by atoms with van der Waals surface area (Å²) in [6.07, 6.45) is 8.00. The summed E-state index contributed by atoms with van der Waals surface area (Å²) in [6.45, 7) is 10.8. The highest BCUT2D eigenvalue weighted by Crippen LogP contribution is 2.14. The molecule has 1 aliphatic rings. The number of benzene rings is 1. The highest BCUT2D eigenvalue weighted by Gasteiger charge is 2.10. The molecule has 29 heavy (non-hydrogen) atoms. The fourth-order valence-corrected chi connectivity index (χ4v) is 3.52. The van der Waals surface area contributed by atoms with Crippen molar-refractivity contribution < 1.29 is 0 Å². The third kappa shape index (κ3) is 8.34. The van der Waals surface area contributed by atoms with Crippen molar-refractivity contribution in [1.82, 2.24) is 25.3 Å². The first kappa shape index (κ1) is 23.7. The van der Waals surface area contributed by atoms with Gasteiger partial charge in [0.1, 0.15) is 0 Å². The minimum atomic E-state index is 0. The number of piperidine rings is 1. The molecule has 0 bridgehead atoms. The summed E-state index contributed by atoms with van der Waals surface area (Å²) in [7, 11) is 0. The van der Waals surface area contributed by atoms with Crippen molar-refractivity contribution in [2.75, 3.05) is 26.2 Å². The molecular weight excluding hydrogens is 475 g/mol. The molecule has 1 aliphatic heterocycles. The number of nitrogens with zero attached hydrogens (tertiary/aromatic N) is 4. The highest BCUT2D eigenvalue weighted by molar-refractivity contribution is 14.0. The first-order valence-electron chi connectivity index (χ1n) is 10.5. The summed E-state index contributed by atoms with van der Waals surface area (Å²) in [5.41, 5.74) is 3.82. The molecule has 0 radical (unpaired) electrons. The topological polar surface area (TPSA) is 57.5 Å². The lowest BCUT2D eigenvalue weighted by molar-refractivity contribution is 0.221. The van der Waals surface area contributed by atoms with E-state index in [1.54, 1.807) is 0 Å². The van der Waals surface area contributed by atoms with Crippen LogP contribution in [0.2, 0.25) is 0 Å². The largest absolute Gasteiger partial charge is 0.357 e. The Labute approximate surface area is 192 Å². The minimum Gasteiger partial charge on any atom is -0.357 e. The molecule has 2 aromatic rings. The molecule has 2 N–H and O–H groups in total. The smallest absolute Gasteiger partial charge is 0.191 e. The van der Waals surface area contributed by atoms with Gasteiger partial charge in [-0.25, -0.2) is 4.99 Å². The lowest BCUT2D eigenvalue weighted by Crippen LogP contribution is -2.38. The van der Waals surface area contributed by atoms with E-state index in [1.807, 2.05) is 10.9 Å². The summed E-state index contributed by atoms with van der Waals surface area (Å²) < 4.78 is 1.95. The number of aromatic nitrogens is 2. The summed E-state index contributed by atoms with van der Waals surface area (Å²) in [5.74, 6) is 0.851. The zero-order valence-electron chi connectivity index (χ0n) is 17.7. The number of rotatable bonds is 8. The maximum absolute atomic E-state index is 4.72. The SMILES string of the molecule is CCNC(=NCc1ccc(CN2CCCCC2)cc1)NCCn1cc(C)cn1.I. The standard InChI is InChI=1S/C22H34N6.HI/c1-3-23-22(24-11-14-28-17-19(2)15-26-28)25-16-20-7-9-21(10-8-20)18-27-12-5-4-6-13-27;/h7-10,15,17H,3-6,11-14,16,18H2,1-2H3,(H2,23,24,25);1H. The molecule has 1 aromatic heterocycles. The van der Waals surface area contributed by atoms with Gasteiger partial charge in [0, 0.05) is 25.8 Å². The predicted octanol–water partition coefficient (Wildman–Crippen LogP) is 3.55. The van der Waals surface area contributed by atoms with Crippen LogP contribution in [0.15, 0.2) is 41.7 Å². The Kier molecular flexibility index (Phi) is 10.5. The highest BCUT2D eigenvalue weighted by atomic mass is 127. The van der Waals surface area contributed by atoms with Gasteiger partial charge in [-0.05, 0) is 56.5 Å². The minimum absolute atomic E-state index is 0. The average Bonchev–Trinajstić information content (AvgIpc) is 3.13. The third-order valence-corrected chi connectivity index (χ3v) is 5.04. The van der Waals surface area contributed by atoms with E-state index >= 15 is 0 Å². The van der Waals surface area contributed by atoms with E-state index in [2.05, 4.69) is 64.9 Å². The van der Waals surface area contributed by atoms with Crippen molar-refractivity contribution in [1.29, 1.82) is 0 Å². The van der Waals surface area contributed by atoms with Crippen LogP contribution in [-0.2, 0) is 19.6 Å². The third-order valence-electron chi connectivity index (χ3n) is 5.04. The molecule has 3 rings (SSSR count). The van der Waals surface area contributed by atoms with Gasteiger partial charge in [-0.15, -0.1) is 24.0 Å². The molecule has 0 amide bonds. The van der Waals surface area contributed by atoms with E-state index in [1.165, 1.54) is 49.0 Å². The molecule has 0 atom stereocenters. The number of hydrogen-bond donors (Lipinski definition) is 2. The zero-order chi connectivity index (χ0) is 19.6. The summed E-state index contributed by atoms with van der Waals surface area (Å²) in [4.78, 5) is 7.28. The van der Waals surface area contributed by atoms with Crippen LogP contribution in [0.3, 0.4) is 0 Å². The molecule has 160 valence electrons. The van der Waals surface area contributed by atoms with Crippen LogP contribution in [0.4, 0.5) is 0 Å². The van der Waals surface area contributed by atoms with Crippen molar-refractivity contribution >= 4 is 29.9 Å². The molecule has 2 heterocycles. The summed E-state index contributed by atoms with van der Waals surface area (Å²) in [5, 5.41) is 11.0. The van der Waals surface area contributed by atoms with Gasteiger partial charge in [-0.1, -0.05) is 30.7 Å². The molecule has 0 unspecified atom stereocenters. The fraction of sp³-hybridized carbons (Fsp3) is 0.545. The summed E-state index contributed by atoms with van der Waals surface area (Å²) >= 11 is 0. The number of aliphatic imine (C=N–C) groups is 1. The molecular formula is C22H35IN6. The number of halogens is 1. The molecule has 1 fully saturated rings. The van der Waals surface area contributed by atoms with Crippen LogP contribution in [0.25, 0.3) is 0 Å². The van der Waals surface area contributed by atoms with Gasteiger partial charge >= 0.3 is 0 Å². The second-order valence-electron chi connectivity index (χ2n) is 7.56. The Hall–Kier alpha value is -1.61. The van der Waals surface area contributed by atoms with Crippen LogP contribution in [0.5, 0.6) is 0 Å². The Morgan fingerprint density at radius 3 is 2.45 bits per heavy atom. The quantitative estimate of drug-likeness (QED) is 0.324. The second-order valence-corrected chi connectivity index (χ2v) is 7.56. The number of nitrogens with one attached hydrogen (secondary N) is 2. The van der Waals surface area contributed by atoms with Crippen LogP contribution >= 0.6 is 24.0 Å². The van der Waals surface area contributed by atoms with Gasteiger partial charge in [0.2, 0.25) is 0 Å². The van der Waals surface area contributed by atoms with Gasteiger partial charge in [0.25, 0.3) is 0 Å². The van der Waals surface area contributed by atoms with Crippen molar-refractivity contribution in [3.8, 4) is 0 Å². The number of aryl methyl sites for hydroxylation is 1. The number of hydrogen-bond acceptors (Lipinski definition) is 3. The molecule has 0 aliphatic carbocycles. The van der Waals surface area contributed by atoms with Crippen molar-refractivity contribution in [3.63, 3.8) is 0 Å². The van der Waals surface area contributed by atoms with Crippen LogP contribution in [-0.4, -0.2) is 46.8 Å². The van der Waals surface area contributed by atoms with Crippen LogP contribution < -0.4 is 10.6 Å². The van der Waals surface area contributed by atoms with Crippen LogP contribution in [0, 0.1) is 6.92 Å². The van der Waals surface area contributed by atoms with E-state index in [-0.39, 0.29) is 24.0 Å². The van der Waals surface area contributed by atoms with Gasteiger partial charge < -0.3 is 10.6 Å². The molecule has 0 spiro atoms. The molecule has 1 aromatic carbocycles. The van der Waals surface area contributed by atoms with E-state index in [4.69, 9.17) is 4.99 Å². The first-order chi connectivity index (χ1) is 13.7. The van der Waals surface area contributed by atoms with Gasteiger partial charge in [0.05, 0.1) is 19.3 Å². The number of likely N-dealkylation sites (tertiary alicyclic amines) is 1. The van der Waals surface area contributed by atoms with E-state index in [0.29, 0.717) is 6.54 Å². The summed E-state index contributed by atoms with van der Waals surface area (Å²) in [6, 6.07) is 8.91. The van der Waals surface area contributed by atoms with Gasteiger partial charge in [-0.3, -0.25) is 9.58 Å². The van der Waals surface area contributed by atoms with Gasteiger partial charge in [-0.2, -0.15) is 5.10 Å². The second kappa shape index (κ2) is 12.8. The maximum Gasteiger partial charge on any atom is 0.191 e. The Bertz CT molecular complexity index is 734. The Balaban J connectivity index is 0.00000300. The normalized spacial score (nSPS) is 15.0. The zero-order valence-corrected chi connectivity index (χ0v) is 20.1. The first-order valence-corrected chi connectivity index (χ1v) is 10.5. The molecule has 1 saturated heterocycles. The molecule has 6 nitrogen and oxygen atoms in total. The molecule has 7 heteroatoms. The van der Waals surface area contributed by atoms with Crippen LogP contribution in [0.1, 0.15) is 42.9 Å². The van der Waals surface area contributed by atoms with E-state index in [9.17, 15) is 0 Å². The predicted molar refractivity (Wildman–Crippen MR) is 131 cm³/mol. The lowest BCUT2D eigenvalue weighted by atomic mass is 10.1. The van der Waals surface area contributed by atoms with Crippen molar-refractivity contribution in [2.24, 2.45) is 4.99 Å². The van der Waals surface area contributed by atoms with Crippen molar-refractivity contribution in [2.45, 2.75) is 52.7 Å².